The first kappa shape index (κ1) is 28.3. The molecule has 4 rings (SSSR count). The Hall–Kier alpha value is -2.73. The van der Waals surface area contributed by atoms with Crippen LogP contribution in [-0.2, 0) is 16.0 Å². The third-order valence-electron chi connectivity index (χ3n) is 7.77. The number of carbonyl (C=O) groups excluding carboxylic acids is 2. The lowest BCUT2D eigenvalue weighted by Gasteiger charge is -2.41. The van der Waals surface area contributed by atoms with Crippen molar-refractivity contribution in [2.45, 2.75) is 89.3 Å². The largest absolute Gasteiger partial charge is 0.493 e. The lowest BCUT2D eigenvalue weighted by Crippen LogP contribution is -2.48. The average molecular weight is 541 g/mol. The van der Waals surface area contributed by atoms with Gasteiger partial charge in [-0.3, -0.25) is 9.59 Å². The predicted molar refractivity (Wildman–Crippen MR) is 151 cm³/mol. The number of halogens is 1. The predicted octanol–water partition coefficient (Wildman–Crippen LogP) is 6.51. The summed E-state index contributed by atoms with van der Waals surface area (Å²) in [6.07, 6.45) is 10.1. The van der Waals surface area contributed by atoms with Crippen LogP contribution in [0.2, 0.25) is 0 Å². The van der Waals surface area contributed by atoms with Gasteiger partial charge in [0.25, 0.3) is 0 Å². The van der Waals surface area contributed by atoms with E-state index < -0.39 is 6.04 Å². The molecular weight excluding hydrogens is 500 g/mol. The van der Waals surface area contributed by atoms with Crippen molar-refractivity contribution in [2.24, 2.45) is 0 Å². The highest BCUT2D eigenvalue weighted by Gasteiger charge is 2.39. The summed E-state index contributed by atoms with van der Waals surface area (Å²) >= 11 is 6.22. The van der Waals surface area contributed by atoms with Gasteiger partial charge in [0.15, 0.2) is 11.5 Å². The maximum Gasteiger partial charge on any atom is 0.247 e. The molecule has 2 aromatic carbocycles. The van der Waals surface area contributed by atoms with Gasteiger partial charge >= 0.3 is 0 Å². The monoisotopic (exact) mass is 540 g/mol. The number of carbonyl (C=O) groups is 2. The number of aryl methyl sites for hydroxylation is 1. The smallest absolute Gasteiger partial charge is 0.247 e. The topological polar surface area (TPSA) is 67.9 Å². The highest BCUT2D eigenvalue weighted by Crippen LogP contribution is 2.41. The molecule has 0 saturated heterocycles. The first-order valence-electron chi connectivity index (χ1n) is 14.1. The zero-order chi connectivity index (χ0) is 26.9. The molecule has 2 amide bonds. The van der Waals surface area contributed by atoms with Gasteiger partial charge in [-0.2, -0.15) is 0 Å². The Morgan fingerprint density at radius 1 is 1.03 bits per heavy atom. The second-order valence-electron chi connectivity index (χ2n) is 10.4. The molecule has 0 spiro atoms. The molecule has 0 radical (unpaired) electrons. The van der Waals surface area contributed by atoms with Crippen LogP contribution in [-0.4, -0.2) is 42.4 Å². The Bertz CT molecular complexity index is 1080. The second-order valence-corrected chi connectivity index (χ2v) is 10.7. The minimum absolute atomic E-state index is 0.105. The highest BCUT2D eigenvalue weighted by atomic mass is 35.5. The van der Waals surface area contributed by atoms with Crippen molar-refractivity contribution in [1.29, 1.82) is 0 Å². The SMILES string of the molecule is CCCOc1ccc([C@@H](C(=O)NC2CCCCCC2)N(C(=O)CCl)[C@H]2CCCc3ccccc32)cc1OC. The molecule has 2 aromatic rings. The Morgan fingerprint density at radius 3 is 2.50 bits per heavy atom. The van der Waals surface area contributed by atoms with E-state index in [0.29, 0.717) is 23.7 Å². The van der Waals surface area contributed by atoms with Gasteiger partial charge in [-0.05, 0) is 67.3 Å². The quantitative estimate of drug-likeness (QED) is 0.275. The van der Waals surface area contributed by atoms with Crippen LogP contribution >= 0.6 is 11.6 Å². The summed E-state index contributed by atoms with van der Waals surface area (Å²) in [5, 5.41) is 3.32. The number of nitrogens with one attached hydrogen (secondary N) is 1. The van der Waals surface area contributed by atoms with Gasteiger partial charge in [-0.25, -0.2) is 0 Å². The number of nitrogens with zero attached hydrogens (tertiary/aromatic N) is 1. The minimum atomic E-state index is -0.838. The van der Waals surface area contributed by atoms with E-state index in [-0.39, 0.29) is 29.8 Å². The van der Waals surface area contributed by atoms with Crippen LogP contribution in [0.5, 0.6) is 11.5 Å². The Morgan fingerprint density at radius 2 is 1.79 bits per heavy atom. The summed E-state index contributed by atoms with van der Waals surface area (Å²) < 4.78 is 11.5. The van der Waals surface area contributed by atoms with Crippen LogP contribution in [0.1, 0.15) is 93.5 Å². The molecule has 7 heteroatoms. The zero-order valence-electron chi connectivity index (χ0n) is 22.7. The lowest BCUT2D eigenvalue weighted by molar-refractivity contribution is -0.142. The molecule has 0 aliphatic heterocycles. The summed E-state index contributed by atoms with van der Waals surface area (Å²) in [5.41, 5.74) is 3.01. The fourth-order valence-electron chi connectivity index (χ4n) is 5.91. The fourth-order valence-corrected chi connectivity index (χ4v) is 6.05. The molecule has 0 unspecified atom stereocenters. The molecule has 0 heterocycles. The Kier molecular flexibility index (Phi) is 10.3. The molecule has 1 N–H and O–H groups in total. The molecule has 2 aliphatic carbocycles. The number of hydrogen-bond acceptors (Lipinski definition) is 4. The molecule has 0 bridgehead atoms. The van der Waals surface area contributed by atoms with Crippen molar-refractivity contribution in [3.8, 4) is 11.5 Å². The summed E-state index contributed by atoms with van der Waals surface area (Å²) in [6.45, 7) is 2.61. The van der Waals surface area contributed by atoms with Crippen LogP contribution in [0, 0.1) is 0 Å². The zero-order valence-corrected chi connectivity index (χ0v) is 23.5. The van der Waals surface area contributed by atoms with Gasteiger partial charge in [0.1, 0.15) is 11.9 Å². The molecule has 0 aromatic heterocycles. The summed E-state index contributed by atoms with van der Waals surface area (Å²) in [6, 6.07) is 12.8. The molecule has 2 atom stereocenters. The van der Waals surface area contributed by atoms with Gasteiger partial charge in [-0.1, -0.05) is 62.9 Å². The maximum absolute atomic E-state index is 14.2. The van der Waals surface area contributed by atoms with E-state index in [9.17, 15) is 9.59 Å². The first-order valence-corrected chi connectivity index (χ1v) is 14.7. The Labute approximate surface area is 232 Å². The first-order chi connectivity index (χ1) is 18.6. The van der Waals surface area contributed by atoms with Gasteiger partial charge < -0.3 is 19.7 Å². The van der Waals surface area contributed by atoms with Gasteiger partial charge in [0.2, 0.25) is 11.8 Å². The Balaban J connectivity index is 1.77. The van der Waals surface area contributed by atoms with Crippen molar-refractivity contribution in [3.05, 3.63) is 59.2 Å². The summed E-state index contributed by atoms with van der Waals surface area (Å²) in [4.78, 5) is 29.5. The number of amides is 2. The van der Waals surface area contributed by atoms with Gasteiger partial charge in [0, 0.05) is 6.04 Å². The van der Waals surface area contributed by atoms with Crippen LogP contribution in [0.4, 0.5) is 0 Å². The number of fused-ring (bicyclic) bond motifs is 1. The molecule has 6 nitrogen and oxygen atoms in total. The van der Waals surface area contributed by atoms with E-state index in [1.54, 1.807) is 12.0 Å². The number of hydrogen-bond donors (Lipinski definition) is 1. The average Bonchev–Trinajstić information content (AvgIpc) is 3.22. The summed E-state index contributed by atoms with van der Waals surface area (Å²) in [7, 11) is 1.59. The molecule has 1 saturated carbocycles. The minimum Gasteiger partial charge on any atom is -0.493 e. The number of methoxy groups -OCH3 is 1. The van der Waals surface area contributed by atoms with Crippen molar-refractivity contribution < 1.29 is 19.1 Å². The van der Waals surface area contributed by atoms with Crippen LogP contribution in [0.3, 0.4) is 0 Å². The standard InChI is InChI=1S/C31H41ClN2O4/c1-3-19-38-27-18-17-23(20-28(27)37-2)30(31(36)33-24-13-6-4-5-7-14-24)34(29(35)21-32)26-16-10-12-22-11-8-9-15-25(22)26/h8-9,11,15,17-18,20,24,26,30H,3-7,10,12-14,16,19,21H2,1-2H3,(H,33,36)/t26-,30-/m0/s1. The van der Waals surface area contributed by atoms with Gasteiger partial charge in [0.05, 0.1) is 19.8 Å². The third-order valence-corrected chi connectivity index (χ3v) is 8.00. The lowest BCUT2D eigenvalue weighted by atomic mass is 9.85. The van der Waals surface area contributed by atoms with Crippen molar-refractivity contribution >= 4 is 23.4 Å². The van der Waals surface area contributed by atoms with Crippen molar-refractivity contribution in [1.82, 2.24) is 10.2 Å². The molecule has 2 aliphatic rings. The van der Waals surface area contributed by atoms with E-state index in [1.807, 2.05) is 37.3 Å². The van der Waals surface area contributed by atoms with E-state index in [2.05, 4.69) is 17.4 Å². The van der Waals surface area contributed by atoms with E-state index >= 15 is 0 Å². The van der Waals surface area contributed by atoms with Gasteiger partial charge in [-0.15, -0.1) is 11.6 Å². The third kappa shape index (κ3) is 6.63. The van der Waals surface area contributed by atoms with E-state index in [4.69, 9.17) is 21.1 Å². The fraction of sp³-hybridized carbons (Fsp3) is 0.548. The van der Waals surface area contributed by atoms with Crippen LogP contribution in [0.25, 0.3) is 0 Å². The number of ether oxygens (including phenoxy) is 2. The van der Waals surface area contributed by atoms with Crippen LogP contribution in [0.15, 0.2) is 42.5 Å². The normalized spacial score (nSPS) is 18.6. The van der Waals surface area contributed by atoms with E-state index in [1.165, 1.54) is 18.4 Å². The number of alkyl halides is 1. The number of rotatable bonds is 10. The second kappa shape index (κ2) is 13.9. The number of benzene rings is 2. The van der Waals surface area contributed by atoms with Crippen molar-refractivity contribution in [2.75, 3.05) is 19.6 Å². The summed E-state index contributed by atoms with van der Waals surface area (Å²) in [5.74, 6) is 0.563. The molecular formula is C31H41ClN2O4. The van der Waals surface area contributed by atoms with E-state index in [0.717, 1.165) is 56.9 Å². The molecule has 206 valence electrons. The molecule has 38 heavy (non-hydrogen) atoms. The molecule has 1 fully saturated rings. The maximum atomic E-state index is 14.2. The van der Waals surface area contributed by atoms with Crippen LogP contribution < -0.4 is 14.8 Å². The highest BCUT2D eigenvalue weighted by molar-refractivity contribution is 6.27. The van der Waals surface area contributed by atoms with Crippen molar-refractivity contribution in [3.63, 3.8) is 0 Å².